The Hall–Kier alpha value is -1.10. The molecule has 0 aliphatic carbocycles. The molecule has 5 heteroatoms. The number of imidazole rings is 1. The van der Waals surface area contributed by atoms with Gasteiger partial charge in [0.25, 0.3) is 0 Å². The summed E-state index contributed by atoms with van der Waals surface area (Å²) in [5, 5.41) is 10.1. The predicted molar refractivity (Wildman–Crippen MR) is 63.6 cm³/mol. The molecule has 1 unspecified atom stereocenters. The number of rotatable bonds is 3. The fourth-order valence-corrected chi connectivity index (χ4v) is 1.96. The van der Waals surface area contributed by atoms with Crippen LogP contribution in [0.25, 0.3) is 5.52 Å². The van der Waals surface area contributed by atoms with Crippen LogP contribution in [-0.4, -0.2) is 21.0 Å². The summed E-state index contributed by atoms with van der Waals surface area (Å²) in [4.78, 5) is 4.25. The van der Waals surface area contributed by atoms with E-state index in [-0.39, 0.29) is 6.54 Å². The molecule has 1 atom stereocenters. The molecular formula is C11H14ClN3O. The molecule has 16 heavy (non-hydrogen) atoms. The number of nitrogens with two attached hydrogens (primary N) is 1. The molecule has 2 aromatic rings. The van der Waals surface area contributed by atoms with Gasteiger partial charge in [-0.05, 0) is 17.7 Å². The lowest BCUT2D eigenvalue weighted by Crippen LogP contribution is -2.11. The number of aliphatic hydroxyl groups excluding tert-OH is 1. The van der Waals surface area contributed by atoms with Crippen LogP contribution in [0.5, 0.6) is 0 Å². The fourth-order valence-electron chi connectivity index (χ4n) is 1.72. The van der Waals surface area contributed by atoms with Crippen LogP contribution in [0.4, 0.5) is 0 Å². The van der Waals surface area contributed by atoms with Crippen molar-refractivity contribution >= 4 is 17.1 Å². The summed E-state index contributed by atoms with van der Waals surface area (Å²) in [7, 11) is 0. The highest BCUT2D eigenvalue weighted by Crippen LogP contribution is 2.22. The van der Waals surface area contributed by atoms with Gasteiger partial charge in [-0.15, -0.1) is 0 Å². The number of aliphatic hydroxyl groups is 1. The van der Waals surface area contributed by atoms with E-state index in [9.17, 15) is 5.11 Å². The summed E-state index contributed by atoms with van der Waals surface area (Å²) in [5.74, 6) is 0.911. The average molecular weight is 240 g/mol. The zero-order valence-corrected chi connectivity index (χ0v) is 9.78. The lowest BCUT2D eigenvalue weighted by atomic mass is 10.1. The van der Waals surface area contributed by atoms with Gasteiger partial charge in [-0.1, -0.05) is 18.5 Å². The van der Waals surface area contributed by atoms with E-state index in [1.54, 1.807) is 0 Å². The first-order valence-corrected chi connectivity index (χ1v) is 5.59. The second-order valence-electron chi connectivity index (χ2n) is 3.64. The van der Waals surface area contributed by atoms with Crippen molar-refractivity contribution in [1.82, 2.24) is 9.38 Å². The number of aromatic nitrogens is 2. The summed E-state index contributed by atoms with van der Waals surface area (Å²) in [5.41, 5.74) is 6.98. The zero-order valence-electron chi connectivity index (χ0n) is 9.02. The third-order valence-corrected chi connectivity index (χ3v) is 2.90. The van der Waals surface area contributed by atoms with Crippen LogP contribution >= 0.6 is 11.6 Å². The molecule has 2 rings (SSSR count). The van der Waals surface area contributed by atoms with Crippen molar-refractivity contribution in [3.05, 3.63) is 34.9 Å². The Morgan fingerprint density at radius 2 is 2.38 bits per heavy atom. The summed E-state index contributed by atoms with van der Waals surface area (Å²) in [6.07, 6.45) is 2.02. The normalized spacial score (nSPS) is 13.2. The number of aryl methyl sites for hydroxylation is 1. The Morgan fingerprint density at radius 3 is 3.00 bits per heavy atom. The van der Waals surface area contributed by atoms with Crippen LogP contribution in [0.3, 0.4) is 0 Å². The molecule has 0 amide bonds. The summed E-state index contributed by atoms with van der Waals surface area (Å²) < 4.78 is 1.93. The van der Waals surface area contributed by atoms with Crippen molar-refractivity contribution in [2.24, 2.45) is 5.73 Å². The molecule has 0 aliphatic rings. The van der Waals surface area contributed by atoms with E-state index in [4.69, 9.17) is 17.3 Å². The summed E-state index contributed by atoms with van der Waals surface area (Å²) >= 11 is 6.03. The largest absolute Gasteiger partial charge is 0.387 e. The predicted octanol–water partition coefficient (Wildman–Crippen LogP) is 1.54. The highest BCUT2D eigenvalue weighted by molar-refractivity contribution is 6.32. The second-order valence-corrected chi connectivity index (χ2v) is 4.00. The van der Waals surface area contributed by atoms with Crippen LogP contribution in [0.15, 0.2) is 18.3 Å². The molecule has 2 heterocycles. The molecule has 0 aliphatic heterocycles. The average Bonchev–Trinajstić information content (AvgIpc) is 2.64. The third kappa shape index (κ3) is 1.80. The smallest absolute Gasteiger partial charge is 0.155 e. The maximum absolute atomic E-state index is 9.65. The maximum Gasteiger partial charge on any atom is 0.155 e. The number of hydrogen-bond acceptors (Lipinski definition) is 3. The molecule has 2 aromatic heterocycles. The number of nitrogens with zero attached hydrogens (tertiary/aromatic N) is 2. The number of fused-ring (bicyclic) bond motifs is 1. The first kappa shape index (κ1) is 11.4. The van der Waals surface area contributed by atoms with E-state index in [1.807, 2.05) is 29.7 Å². The van der Waals surface area contributed by atoms with Gasteiger partial charge in [-0.25, -0.2) is 4.98 Å². The summed E-state index contributed by atoms with van der Waals surface area (Å²) in [6, 6.07) is 3.66. The molecule has 3 N–H and O–H groups in total. The van der Waals surface area contributed by atoms with Gasteiger partial charge >= 0.3 is 0 Å². The van der Waals surface area contributed by atoms with E-state index >= 15 is 0 Å². The van der Waals surface area contributed by atoms with Crippen molar-refractivity contribution in [2.45, 2.75) is 19.4 Å². The van der Waals surface area contributed by atoms with Gasteiger partial charge < -0.3 is 15.2 Å². The third-order valence-electron chi connectivity index (χ3n) is 2.62. The molecule has 0 fully saturated rings. The highest BCUT2D eigenvalue weighted by atomic mass is 35.5. The van der Waals surface area contributed by atoms with Crippen LogP contribution < -0.4 is 5.73 Å². The van der Waals surface area contributed by atoms with Gasteiger partial charge in [0.05, 0.1) is 11.6 Å². The van der Waals surface area contributed by atoms with E-state index < -0.39 is 6.10 Å². The SMILES string of the molecule is CCc1nc(Cl)c2cc(C(O)CN)ccn12. The van der Waals surface area contributed by atoms with Gasteiger partial charge in [0.15, 0.2) is 5.15 Å². The van der Waals surface area contributed by atoms with Crippen molar-refractivity contribution < 1.29 is 5.11 Å². The molecule has 86 valence electrons. The summed E-state index contributed by atoms with van der Waals surface area (Å²) in [6.45, 7) is 2.22. The molecular weight excluding hydrogens is 226 g/mol. The quantitative estimate of drug-likeness (QED) is 0.854. The van der Waals surface area contributed by atoms with E-state index in [2.05, 4.69) is 4.98 Å². The molecule has 0 radical (unpaired) electrons. The molecule has 0 saturated heterocycles. The standard InChI is InChI=1S/C11H14ClN3O/c1-2-10-14-11(12)8-5-7(9(16)6-13)3-4-15(8)10/h3-5,9,16H,2,6,13H2,1H3. The van der Waals surface area contributed by atoms with Crippen LogP contribution in [0, 0.1) is 0 Å². The highest BCUT2D eigenvalue weighted by Gasteiger charge is 2.11. The minimum atomic E-state index is -0.652. The lowest BCUT2D eigenvalue weighted by Gasteiger charge is -2.08. The van der Waals surface area contributed by atoms with Gasteiger partial charge in [0.2, 0.25) is 0 Å². The van der Waals surface area contributed by atoms with Gasteiger partial charge in [-0.2, -0.15) is 0 Å². The van der Waals surface area contributed by atoms with Crippen molar-refractivity contribution in [1.29, 1.82) is 0 Å². The van der Waals surface area contributed by atoms with Crippen molar-refractivity contribution in [2.75, 3.05) is 6.54 Å². The first-order valence-electron chi connectivity index (χ1n) is 5.21. The van der Waals surface area contributed by atoms with E-state index in [1.165, 1.54) is 0 Å². The Balaban J connectivity index is 2.58. The first-order chi connectivity index (χ1) is 7.67. The van der Waals surface area contributed by atoms with Crippen LogP contribution in [-0.2, 0) is 6.42 Å². The van der Waals surface area contributed by atoms with E-state index in [0.29, 0.717) is 5.15 Å². The van der Waals surface area contributed by atoms with Crippen molar-refractivity contribution in [3.63, 3.8) is 0 Å². The molecule has 4 nitrogen and oxygen atoms in total. The van der Waals surface area contributed by atoms with Crippen molar-refractivity contribution in [3.8, 4) is 0 Å². The zero-order chi connectivity index (χ0) is 11.7. The molecule has 0 spiro atoms. The van der Waals surface area contributed by atoms with E-state index in [0.717, 1.165) is 23.3 Å². The van der Waals surface area contributed by atoms with Gasteiger partial charge in [0.1, 0.15) is 5.82 Å². The lowest BCUT2D eigenvalue weighted by molar-refractivity contribution is 0.187. The number of halogens is 1. The van der Waals surface area contributed by atoms with Crippen LogP contribution in [0.2, 0.25) is 5.15 Å². The maximum atomic E-state index is 9.65. The van der Waals surface area contributed by atoms with Gasteiger partial charge in [-0.3, -0.25) is 0 Å². The number of pyridine rings is 1. The Morgan fingerprint density at radius 1 is 1.62 bits per heavy atom. The molecule has 0 saturated carbocycles. The topological polar surface area (TPSA) is 63.5 Å². The Kier molecular flexibility index (Phi) is 3.14. The minimum absolute atomic E-state index is 0.197. The second kappa shape index (κ2) is 4.41. The Labute approximate surface area is 98.7 Å². The molecule has 0 bridgehead atoms. The molecule has 0 aromatic carbocycles. The minimum Gasteiger partial charge on any atom is -0.387 e. The fraction of sp³-hybridized carbons (Fsp3) is 0.364. The van der Waals surface area contributed by atoms with Crippen LogP contribution in [0.1, 0.15) is 24.4 Å². The monoisotopic (exact) mass is 239 g/mol. The Bertz CT molecular complexity index is 509. The van der Waals surface area contributed by atoms with Gasteiger partial charge in [0, 0.05) is 19.2 Å². The number of hydrogen-bond donors (Lipinski definition) is 2.